The van der Waals surface area contributed by atoms with Gasteiger partial charge < -0.3 is 40.3 Å². The quantitative estimate of drug-likeness (QED) is 0.0552. The van der Waals surface area contributed by atoms with E-state index in [2.05, 4.69) is 10.6 Å². The third-order valence-corrected chi connectivity index (χ3v) is 7.82. The predicted molar refractivity (Wildman–Crippen MR) is 192 cm³/mol. The number of rotatable bonds is 19. The van der Waals surface area contributed by atoms with Crippen LogP contribution in [0.1, 0.15) is 55.4 Å². The molecule has 4 rings (SSSR count). The number of aliphatic hydroxyl groups is 2. The van der Waals surface area contributed by atoms with Gasteiger partial charge in [-0.05, 0) is 78.0 Å². The number of nitrogens with one attached hydrogen (secondary N) is 2. The lowest BCUT2D eigenvalue weighted by atomic mass is 10.1. The minimum absolute atomic E-state index is 0.0212. The van der Waals surface area contributed by atoms with Crippen molar-refractivity contribution < 1.29 is 39.2 Å². The zero-order valence-electron chi connectivity index (χ0n) is 28.4. The van der Waals surface area contributed by atoms with Crippen LogP contribution < -0.4 is 15.7 Å². The number of nitrogens with zero attached hydrogens (tertiary/aromatic N) is 1. The third kappa shape index (κ3) is 12.6. The number of amides is 2. The van der Waals surface area contributed by atoms with Crippen LogP contribution in [-0.4, -0.2) is 60.2 Å². The molecule has 4 aromatic carbocycles. The van der Waals surface area contributed by atoms with Crippen molar-refractivity contribution in [2.24, 2.45) is 0 Å². The molecule has 0 spiro atoms. The molecular weight excluding hydrogens is 638 g/mol. The Labute approximate surface area is 293 Å². The Bertz CT molecular complexity index is 1620. The molecule has 0 saturated carbocycles. The molecule has 1 atom stereocenters. The molecule has 4 aromatic rings. The second-order valence-corrected chi connectivity index (χ2v) is 11.8. The Morgan fingerprint density at radius 2 is 1.54 bits per heavy atom. The molecule has 266 valence electrons. The van der Waals surface area contributed by atoms with Crippen molar-refractivity contribution in [3.8, 4) is 16.9 Å². The van der Waals surface area contributed by atoms with E-state index in [4.69, 9.17) is 14.3 Å². The molecule has 2 amide bonds. The van der Waals surface area contributed by atoms with Gasteiger partial charge in [0.1, 0.15) is 5.75 Å². The number of urea groups is 1. The Morgan fingerprint density at radius 3 is 2.30 bits per heavy atom. The maximum Gasteiger partial charge on any atom is 0.359 e. The fraction of sp³-hybridized carbons (Fsp3) is 0.333. The summed E-state index contributed by atoms with van der Waals surface area (Å²) < 4.78 is 11.5. The van der Waals surface area contributed by atoms with Gasteiger partial charge in [-0.25, -0.2) is 9.59 Å². The van der Waals surface area contributed by atoms with E-state index >= 15 is 0 Å². The summed E-state index contributed by atoms with van der Waals surface area (Å²) in [5, 5.41) is 36.3. The fourth-order valence-electron chi connectivity index (χ4n) is 5.19. The van der Waals surface area contributed by atoms with Crippen LogP contribution >= 0.6 is 0 Å². The molecule has 50 heavy (non-hydrogen) atoms. The molecule has 0 heterocycles. The second-order valence-electron chi connectivity index (χ2n) is 11.8. The molecule has 11 heteroatoms. The normalized spacial score (nSPS) is 11.6. The number of carbonyl (C=O) groups excluding carboxylic acids is 2. The highest BCUT2D eigenvalue weighted by molar-refractivity contribution is 6.01. The van der Waals surface area contributed by atoms with E-state index in [9.17, 15) is 24.9 Å². The van der Waals surface area contributed by atoms with Gasteiger partial charge in [-0.15, -0.1) is 5.06 Å². The first kappa shape index (κ1) is 38.0. The average molecular weight is 686 g/mol. The Hall–Kier alpha value is -4.78. The SMILES string of the molecule is CC(=O)ON(C(=O)Nc1cccc(COCCOCCCCCCNC[C@@H](O)c2ccc(O)c(CO)c2)c1)c1ccc(-c2ccccc2)cc1. The van der Waals surface area contributed by atoms with Crippen LogP contribution in [0.2, 0.25) is 0 Å². The van der Waals surface area contributed by atoms with Gasteiger partial charge in [-0.2, -0.15) is 0 Å². The number of hydroxylamine groups is 1. The van der Waals surface area contributed by atoms with Gasteiger partial charge in [-0.3, -0.25) is 0 Å². The van der Waals surface area contributed by atoms with Gasteiger partial charge in [0.15, 0.2) is 0 Å². The zero-order valence-corrected chi connectivity index (χ0v) is 28.4. The molecule has 0 aromatic heterocycles. The number of hydrogen-bond acceptors (Lipinski definition) is 9. The summed E-state index contributed by atoms with van der Waals surface area (Å²) in [7, 11) is 0. The number of benzene rings is 4. The van der Waals surface area contributed by atoms with Crippen molar-refractivity contribution in [3.63, 3.8) is 0 Å². The Morgan fingerprint density at radius 1 is 0.800 bits per heavy atom. The summed E-state index contributed by atoms with van der Waals surface area (Å²) in [5.74, 6) is -0.600. The maximum absolute atomic E-state index is 13.2. The summed E-state index contributed by atoms with van der Waals surface area (Å²) >= 11 is 0. The van der Waals surface area contributed by atoms with E-state index in [1.54, 1.807) is 36.4 Å². The van der Waals surface area contributed by atoms with Crippen LogP contribution in [0.3, 0.4) is 0 Å². The van der Waals surface area contributed by atoms with Crippen molar-refractivity contribution in [3.05, 3.63) is 114 Å². The molecule has 0 unspecified atom stereocenters. The highest BCUT2D eigenvalue weighted by Crippen LogP contribution is 2.25. The molecule has 0 fully saturated rings. The van der Waals surface area contributed by atoms with E-state index in [-0.39, 0.29) is 12.4 Å². The minimum Gasteiger partial charge on any atom is -0.508 e. The summed E-state index contributed by atoms with van der Waals surface area (Å²) in [6.07, 6.45) is 3.30. The number of aromatic hydroxyl groups is 1. The number of hydrogen-bond donors (Lipinski definition) is 5. The Kier molecular flexibility index (Phi) is 15.7. The molecule has 0 radical (unpaired) electrons. The predicted octanol–water partition coefficient (Wildman–Crippen LogP) is 6.48. The number of anilines is 2. The molecule has 0 aliphatic heterocycles. The van der Waals surface area contributed by atoms with Crippen LogP contribution in [0, 0.1) is 0 Å². The van der Waals surface area contributed by atoms with Gasteiger partial charge in [0.25, 0.3) is 0 Å². The van der Waals surface area contributed by atoms with E-state index < -0.39 is 18.1 Å². The number of aliphatic hydroxyl groups excluding tert-OH is 2. The first-order valence-corrected chi connectivity index (χ1v) is 16.8. The van der Waals surface area contributed by atoms with E-state index in [0.29, 0.717) is 55.5 Å². The van der Waals surface area contributed by atoms with Crippen LogP contribution in [-0.2, 0) is 32.3 Å². The molecule has 5 N–H and O–H groups in total. The van der Waals surface area contributed by atoms with Gasteiger partial charge >= 0.3 is 12.0 Å². The van der Waals surface area contributed by atoms with Crippen molar-refractivity contribution in [2.75, 3.05) is 43.3 Å². The van der Waals surface area contributed by atoms with Crippen LogP contribution in [0.5, 0.6) is 5.75 Å². The average Bonchev–Trinajstić information content (AvgIpc) is 3.13. The fourth-order valence-corrected chi connectivity index (χ4v) is 5.19. The largest absolute Gasteiger partial charge is 0.508 e. The molecule has 0 aliphatic carbocycles. The van der Waals surface area contributed by atoms with Gasteiger partial charge in [0, 0.05) is 31.3 Å². The van der Waals surface area contributed by atoms with E-state index in [0.717, 1.165) is 54.0 Å². The highest BCUT2D eigenvalue weighted by atomic mass is 16.7. The number of phenols is 1. The van der Waals surface area contributed by atoms with Crippen LogP contribution in [0.25, 0.3) is 11.1 Å². The minimum atomic E-state index is -0.707. The summed E-state index contributed by atoms with van der Waals surface area (Å²) in [6, 6.07) is 28.4. The third-order valence-electron chi connectivity index (χ3n) is 7.82. The first-order valence-electron chi connectivity index (χ1n) is 16.8. The zero-order chi connectivity index (χ0) is 35.6. The van der Waals surface area contributed by atoms with Crippen LogP contribution in [0.15, 0.2) is 97.1 Å². The topological polar surface area (TPSA) is 150 Å². The highest BCUT2D eigenvalue weighted by Gasteiger charge is 2.20. The lowest BCUT2D eigenvalue weighted by molar-refractivity contribution is -0.141. The lowest BCUT2D eigenvalue weighted by Crippen LogP contribution is -2.36. The smallest absolute Gasteiger partial charge is 0.359 e. The first-order chi connectivity index (χ1) is 24.3. The van der Waals surface area contributed by atoms with Crippen molar-refractivity contribution in [1.29, 1.82) is 0 Å². The number of ether oxygens (including phenoxy) is 2. The Balaban J connectivity index is 1.08. The van der Waals surface area contributed by atoms with Gasteiger partial charge in [0.05, 0.1) is 38.2 Å². The van der Waals surface area contributed by atoms with Gasteiger partial charge in [0.2, 0.25) is 0 Å². The standard InChI is InChI=1S/C39H47N3O8/c1-29(44)50-42(36-17-14-32(15-18-36)31-11-5-4-6-12-31)39(47)41-35-13-9-10-30(24-35)28-49-23-22-48-21-8-3-2-7-20-40-26-38(46)33-16-19-37(45)34(25-33)27-43/h4-6,9-19,24-25,38,40,43,45-46H,2-3,7-8,20-23,26-28H2,1H3,(H,41,47)/t38-/m1/s1. The van der Waals surface area contributed by atoms with Crippen molar-refractivity contribution >= 4 is 23.4 Å². The maximum atomic E-state index is 13.2. The summed E-state index contributed by atoms with van der Waals surface area (Å²) in [4.78, 5) is 30.2. The molecule has 0 saturated heterocycles. The molecular formula is C39H47N3O8. The van der Waals surface area contributed by atoms with E-state index in [1.165, 1.54) is 13.0 Å². The summed E-state index contributed by atoms with van der Waals surface area (Å²) in [6.45, 7) is 4.06. The monoisotopic (exact) mass is 685 g/mol. The molecule has 0 aliphatic rings. The summed E-state index contributed by atoms with van der Waals surface area (Å²) in [5.41, 5.74) is 4.87. The molecule has 0 bridgehead atoms. The van der Waals surface area contributed by atoms with Crippen molar-refractivity contribution in [2.45, 2.75) is 51.9 Å². The second kappa shape index (κ2) is 20.7. The van der Waals surface area contributed by atoms with E-state index in [1.807, 2.05) is 54.6 Å². The van der Waals surface area contributed by atoms with Gasteiger partial charge in [-0.1, -0.05) is 73.5 Å². The van der Waals surface area contributed by atoms with Crippen molar-refractivity contribution in [1.82, 2.24) is 5.32 Å². The number of carbonyl (C=O) groups is 2. The lowest BCUT2D eigenvalue weighted by Gasteiger charge is -2.21. The van der Waals surface area contributed by atoms with Crippen LogP contribution in [0.4, 0.5) is 16.2 Å². The molecule has 11 nitrogen and oxygen atoms in total. The number of unbranched alkanes of at least 4 members (excludes halogenated alkanes) is 3.